The second-order valence-electron chi connectivity index (χ2n) is 8.06. The number of nitrogens with one attached hydrogen (secondary N) is 2. The van der Waals surface area contributed by atoms with Crippen LogP contribution in [0, 0.1) is 24.6 Å². The van der Waals surface area contributed by atoms with Gasteiger partial charge in [0.15, 0.2) is 0 Å². The zero-order chi connectivity index (χ0) is 19.4. The topological polar surface area (TPSA) is 53.1 Å². The molecule has 5 rings (SSSR count). The number of halogens is 1. The van der Waals surface area contributed by atoms with Gasteiger partial charge in [0.05, 0.1) is 11.0 Å². The highest BCUT2D eigenvalue weighted by molar-refractivity contribution is 5.95. The minimum atomic E-state index is -0.238. The van der Waals surface area contributed by atoms with Gasteiger partial charge < -0.3 is 15.2 Å². The van der Waals surface area contributed by atoms with Crippen LogP contribution in [-0.4, -0.2) is 35.7 Å². The highest BCUT2D eigenvalue weighted by Gasteiger charge is 2.37. The summed E-state index contributed by atoms with van der Waals surface area (Å²) in [6.45, 7) is 8.82. The van der Waals surface area contributed by atoms with Crippen LogP contribution < -0.4 is 15.9 Å². The van der Waals surface area contributed by atoms with Crippen molar-refractivity contribution in [2.24, 2.45) is 11.8 Å². The van der Waals surface area contributed by atoms with Crippen LogP contribution in [0.4, 0.5) is 10.1 Å². The number of benzene rings is 2. The van der Waals surface area contributed by atoms with Crippen molar-refractivity contribution in [1.82, 2.24) is 14.9 Å². The lowest BCUT2D eigenvalue weighted by atomic mass is 9.96. The average molecular weight is 380 g/mol. The van der Waals surface area contributed by atoms with Gasteiger partial charge in [-0.05, 0) is 55.0 Å². The second-order valence-corrected chi connectivity index (χ2v) is 8.06. The zero-order valence-electron chi connectivity index (χ0n) is 16.3. The summed E-state index contributed by atoms with van der Waals surface area (Å²) in [4.78, 5) is 17.9. The minimum Gasteiger partial charge on any atom is -0.370 e. The number of aromatic amines is 1. The maximum absolute atomic E-state index is 13.6. The number of hydrogen-bond acceptors (Lipinski definition) is 3. The predicted octanol–water partition coefficient (Wildman–Crippen LogP) is 3.12. The van der Waals surface area contributed by atoms with Gasteiger partial charge in [0.1, 0.15) is 5.82 Å². The van der Waals surface area contributed by atoms with E-state index in [0.29, 0.717) is 18.4 Å². The molecule has 0 unspecified atom stereocenters. The monoisotopic (exact) mass is 380 g/mol. The molecule has 0 amide bonds. The average Bonchev–Trinajstić information content (AvgIpc) is 3.35. The van der Waals surface area contributed by atoms with Crippen molar-refractivity contribution >= 4 is 16.7 Å². The molecular formula is C22H25FN4O. The molecule has 0 bridgehead atoms. The molecule has 2 atom stereocenters. The van der Waals surface area contributed by atoms with E-state index in [0.717, 1.165) is 59.6 Å². The quantitative estimate of drug-likeness (QED) is 0.734. The molecule has 3 aromatic rings. The smallest absolute Gasteiger partial charge is 0.326 e. The van der Waals surface area contributed by atoms with Gasteiger partial charge in [-0.15, -0.1) is 0 Å². The minimum absolute atomic E-state index is 0.0784. The maximum Gasteiger partial charge on any atom is 0.326 e. The molecule has 0 aliphatic carbocycles. The van der Waals surface area contributed by atoms with Crippen molar-refractivity contribution in [3.63, 3.8) is 0 Å². The van der Waals surface area contributed by atoms with Gasteiger partial charge in [-0.2, -0.15) is 0 Å². The lowest BCUT2D eigenvalue weighted by Gasteiger charge is -2.25. The summed E-state index contributed by atoms with van der Waals surface area (Å²) in [5.41, 5.74) is 6.02. The molecule has 2 N–H and O–H groups in total. The summed E-state index contributed by atoms with van der Waals surface area (Å²) in [5.74, 6) is 1.09. The Kier molecular flexibility index (Phi) is 4.05. The Hall–Kier alpha value is -2.60. The number of hydrogen-bond donors (Lipinski definition) is 2. The number of anilines is 1. The summed E-state index contributed by atoms with van der Waals surface area (Å²) in [7, 11) is 0. The molecule has 1 aromatic heterocycles. The molecule has 2 fully saturated rings. The van der Waals surface area contributed by atoms with Crippen molar-refractivity contribution in [3.05, 3.63) is 52.2 Å². The molecule has 0 radical (unpaired) electrons. The van der Waals surface area contributed by atoms with Crippen LogP contribution in [0.15, 0.2) is 35.1 Å². The van der Waals surface area contributed by atoms with Gasteiger partial charge in [-0.1, -0.05) is 12.1 Å². The number of nitrogens with zero attached hydrogens (tertiary/aromatic N) is 2. The van der Waals surface area contributed by atoms with E-state index in [-0.39, 0.29) is 11.5 Å². The third-order valence-corrected chi connectivity index (χ3v) is 6.46. The predicted molar refractivity (Wildman–Crippen MR) is 110 cm³/mol. The van der Waals surface area contributed by atoms with E-state index in [1.807, 2.05) is 19.1 Å². The second kappa shape index (κ2) is 6.48. The van der Waals surface area contributed by atoms with Gasteiger partial charge >= 0.3 is 5.69 Å². The molecule has 2 aliphatic heterocycles. The molecule has 5 nitrogen and oxygen atoms in total. The van der Waals surface area contributed by atoms with Crippen molar-refractivity contribution in [1.29, 1.82) is 0 Å². The standard InChI is InChI=1S/C22H25FN4O/c1-3-27-21-13(2)20(14-4-6-17(23)7-5-14)19(8-18(21)25-22(27)28)26-11-15-9-24-10-16(15)12-26/h4-8,15-16,24H,3,9-12H2,1-2H3,(H,25,28)/t15-,16-/m1/s1. The van der Waals surface area contributed by atoms with Crippen LogP contribution in [0.5, 0.6) is 0 Å². The molecule has 2 aliphatic rings. The van der Waals surface area contributed by atoms with Crippen LogP contribution in [0.25, 0.3) is 22.2 Å². The first-order valence-electron chi connectivity index (χ1n) is 10.0. The number of fused-ring (bicyclic) bond motifs is 2. The first kappa shape index (κ1) is 17.5. The van der Waals surface area contributed by atoms with Crippen molar-refractivity contribution < 1.29 is 4.39 Å². The van der Waals surface area contributed by atoms with E-state index in [4.69, 9.17) is 0 Å². The third-order valence-electron chi connectivity index (χ3n) is 6.46. The highest BCUT2D eigenvalue weighted by Crippen LogP contribution is 2.41. The Morgan fingerprint density at radius 2 is 1.82 bits per heavy atom. The first-order valence-corrected chi connectivity index (χ1v) is 10.0. The van der Waals surface area contributed by atoms with E-state index in [1.54, 1.807) is 4.57 Å². The largest absolute Gasteiger partial charge is 0.370 e. The molecule has 3 heterocycles. The van der Waals surface area contributed by atoms with Crippen LogP contribution in [0.1, 0.15) is 12.5 Å². The maximum atomic E-state index is 13.6. The number of imidazole rings is 1. The fourth-order valence-electron chi connectivity index (χ4n) is 5.10. The van der Waals surface area contributed by atoms with E-state index in [2.05, 4.69) is 28.2 Å². The molecule has 2 saturated heterocycles. The Balaban J connectivity index is 1.74. The first-order chi connectivity index (χ1) is 13.6. The Morgan fingerprint density at radius 1 is 1.14 bits per heavy atom. The molecule has 146 valence electrons. The Morgan fingerprint density at radius 3 is 2.46 bits per heavy atom. The van der Waals surface area contributed by atoms with Gasteiger partial charge in [0.2, 0.25) is 0 Å². The van der Waals surface area contributed by atoms with Crippen LogP contribution >= 0.6 is 0 Å². The number of H-pyrrole nitrogens is 1. The third kappa shape index (κ3) is 2.58. The highest BCUT2D eigenvalue weighted by atomic mass is 19.1. The van der Waals surface area contributed by atoms with E-state index >= 15 is 0 Å². The van der Waals surface area contributed by atoms with Crippen LogP contribution in [-0.2, 0) is 6.54 Å². The Bertz CT molecular complexity index is 1090. The molecule has 28 heavy (non-hydrogen) atoms. The number of rotatable bonds is 3. The summed E-state index contributed by atoms with van der Waals surface area (Å²) >= 11 is 0. The lowest BCUT2D eigenvalue weighted by molar-refractivity contribution is 0.533. The van der Waals surface area contributed by atoms with Crippen molar-refractivity contribution in [2.45, 2.75) is 20.4 Å². The Labute approximate surface area is 163 Å². The zero-order valence-corrected chi connectivity index (χ0v) is 16.3. The van der Waals surface area contributed by atoms with Gasteiger partial charge in [0.25, 0.3) is 0 Å². The van der Waals surface area contributed by atoms with Crippen LogP contribution in [0.2, 0.25) is 0 Å². The SMILES string of the molecule is CCn1c(=O)[nH]c2cc(N3C[C@H]4CNC[C@@H]4C3)c(-c3ccc(F)cc3)c(C)c21. The summed E-state index contributed by atoms with van der Waals surface area (Å²) in [6.07, 6.45) is 0. The molecule has 0 saturated carbocycles. The van der Waals surface area contributed by atoms with Gasteiger partial charge in [-0.3, -0.25) is 4.57 Å². The number of aromatic nitrogens is 2. The van der Waals surface area contributed by atoms with Crippen molar-refractivity contribution in [2.75, 3.05) is 31.1 Å². The normalized spacial score (nSPS) is 21.6. The fraction of sp³-hybridized carbons (Fsp3) is 0.409. The van der Waals surface area contributed by atoms with Crippen molar-refractivity contribution in [3.8, 4) is 11.1 Å². The summed E-state index contributed by atoms with van der Waals surface area (Å²) < 4.78 is 15.3. The number of aryl methyl sites for hydroxylation is 2. The lowest BCUT2D eigenvalue weighted by Crippen LogP contribution is -2.26. The van der Waals surface area contributed by atoms with Gasteiger partial charge in [-0.25, -0.2) is 9.18 Å². The van der Waals surface area contributed by atoms with E-state index in [9.17, 15) is 9.18 Å². The summed E-state index contributed by atoms with van der Waals surface area (Å²) in [6, 6.07) is 8.81. The molecule has 0 spiro atoms. The fourth-order valence-corrected chi connectivity index (χ4v) is 5.10. The van der Waals surface area contributed by atoms with Gasteiger partial charge in [0, 0.05) is 44.0 Å². The molecule has 2 aromatic carbocycles. The molecular weight excluding hydrogens is 355 g/mol. The molecule has 6 heteroatoms. The van der Waals surface area contributed by atoms with Crippen LogP contribution in [0.3, 0.4) is 0 Å². The van der Waals surface area contributed by atoms with E-state index in [1.165, 1.54) is 12.1 Å². The van der Waals surface area contributed by atoms with E-state index < -0.39 is 0 Å². The summed E-state index contributed by atoms with van der Waals surface area (Å²) in [5, 5.41) is 3.49.